The first-order chi connectivity index (χ1) is 15.2. The monoisotopic (exact) mass is 449 g/mol. The van der Waals surface area contributed by atoms with Gasteiger partial charge in [-0.3, -0.25) is 0 Å². The van der Waals surface area contributed by atoms with Crippen molar-refractivity contribution in [2.24, 2.45) is 12.0 Å². The molecule has 3 N–H and O–H groups in total. The molecule has 180 valence electrons. The molecule has 1 atom stereocenters. The summed E-state index contributed by atoms with van der Waals surface area (Å²) in [5.41, 5.74) is -0.482. The van der Waals surface area contributed by atoms with Crippen molar-refractivity contribution in [3.05, 3.63) is 11.6 Å². The van der Waals surface area contributed by atoms with Crippen LogP contribution in [-0.4, -0.2) is 63.8 Å². The van der Waals surface area contributed by atoms with Gasteiger partial charge in [0, 0.05) is 32.3 Å². The Balaban J connectivity index is 1.51. The fraction of sp³-hybridized carbons (Fsp3) is 0.818. The summed E-state index contributed by atoms with van der Waals surface area (Å²) < 4.78 is 13.1. The summed E-state index contributed by atoms with van der Waals surface area (Å²) in [6.45, 7) is 9.57. The van der Waals surface area contributed by atoms with Crippen LogP contribution in [0.1, 0.15) is 70.9 Å². The number of aryl methyl sites for hydroxylation is 1. The fourth-order valence-electron chi connectivity index (χ4n) is 3.96. The highest BCUT2D eigenvalue weighted by atomic mass is 16.6. The number of alkyl carbamates (subject to hydrolysis) is 1. The number of carbonyl (C=O) groups excluding carboxylic acids is 1. The molecule has 1 aliphatic carbocycles. The van der Waals surface area contributed by atoms with E-state index in [-0.39, 0.29) is 18.2 Å². The minimum atomic E-state index is -0.482. The first kappa shape index (κ1) is 24.3. The molecular weight excluding hydrogens is 410 g/mol. The lowest BCUT2D eigenvalue weighted by Gasteiger charge is -2.31. The summed E-state index contributed by atoms with van der Waals surface area (Å²) in [4.78, 5) is 16.8. The number of guanidine groups is 1. The highest BCUT2D eigenvalue weighted by molar-refractivity contribution is 5.80. The summed E-state index contributed by atoms with van der Waals surface area (Å²) in [6, 6.07) is 0.438. The number of nitrogens with one attached hydrogen (secondary N) is 3. The molecule has 1 saturated carbocycles. The van der Waals surface area contributed by atoms with Crippen LogP contribution in [0.4, 0.5) is 4.79 Å². The molecule has 0 bridgehead atoms. The lowest BCUT2D eigenvalue weighted by atomic mass is 9.91. The maximum absolute atomic E-state index is 12.0. The average molecular weight is 450 g/mol. The lowest BCUT2D eigenvalue weighted by Crippen LogP contribution is -2.49. The van der Waals surface area contributed by atoms with E-state index >= 15 is 0 Å². The Bertz CT molecular complexity index is 773. The molecule has 1 aromatic rings. The van der Waals surface area contributed by atoms with Crippen molar-refractivity contribution in [3.8, 4) is 0 Å². The molecule has 32 heavy (non-hydrogen) atoms. The number of ether oxygens (including phenoxy) is 2. The summed E-state index contributed by atoms with van der Waals surface area (Å²) in [7, 11) is 1.95. The van der Waals surface area contributed by atoms with Gasteiger partial charge in [-0.05, 0) is 66.2 Å². The molecule has 2 fully saturated rings. The quantitative estimate of drug-likeness (QED) is 0.450. The molecule has 0 spiro atoms. The number of hydrogen-bond donors (Lipinski definition) is 3. The van der Waals surface area contributed by atoms with Crippen molar-refractivity contribution < 1.29 is 14.3 Å². The van der Waals surface area contributed by atoms with E-state index < -0.39 is 5.60 Å². The van der Waals surface area contributed by atoms with Crippen LogP contribution in [0.25, 0.3) is 0 Å². The fourth-order valence-corrected chi connectivity index (χ4v) is 3.96. The maximum atomic E-state index is 12.0. The van der Waals surface area contributed by atoms with Crippen molar-refractivity contribution in [1.82, 2.24) is 30.7 Å². The molecule has 1 saturated heterocycles. The maximum Gasteiger partial charge on any atom is 0.407 e. The SMILES string of the molecule is Cc1nnc(CN=C(NCC2CCCO2)NC2CCC(NC(=O)OC(C)(C)C)CC2)n1C. The number of hydrogen-bond acceptors (Lipinski definition) is 6. The Morgan fingerprint density at radius 3 is 2.41 bits per heavy atom. The largest absolute Gasteiger partial charge is 0.444 e. The van der Waals surface area contributed by atoms with Gasteiger partial charge in [-0.15, -0.1) is 10.2 Å². The predicted molar refractivity (Wildman–Crippen MR) is 122 cm³/mol. The summed E-state index contributed by atoms with van der Waals surface area (Å²) in [5, 5.41) is 18.3. The number of carbonyl (C=O) groups is 1. The van der Waals surface area contributed by atoms with Gasteiger partial charge in [0.25, 0.3) is 0 Å². The van der Waals surface area contributed by atoms with Gasteiger partial charge in [0.2, 0.25) is 0 Å². The van der Waals surface area contributed by atoms with E-state index in [0.29, 0.717) is 12.6 Å². The van der Waals surface area contributed by atoms with Crippen LogP contribution >= 0.6 is 0 Å². The smallest absolute Gasteiger partial charge is 0.407 e. The number of aromatic nitrogens is 3. The van der Waals surface area contributed by atoms with E-state index in [4.69, 9.17) is 14.5 Å². The third-order valence-corrected chi connectivity index (χ3v) is 5.87. The number of aliphatic imine (C=N–C) groups is 1. The van der Waals surface area contributed by atoms with Gasteiger partial charge in [-0.2, -0.15) is 0 Å². The van der Waals surface area contributed by atoms with E-state index in [1.54, 1.807) is 0 Å². The second-order valence-electron chi connectivity index (χ2n) is 9.74. The molecule has 10 nitrogen and oxygen atoms in total. The summed E-state index contributed by atoms with van der Waals surface area (Å²) in [5.74, 6) is 2.46. The first-order valence-corrected chi connectivity index (χ1v) is 11.7. The first-order valence-electron chi connectivity index (χ1n) is 11.7. The zero-order valence-corrected chi connectivity index (χ0v) is 20.1. The molecule has 2 aliphatic rings. The van der Waals surface area contributed by atoms with Crippen LogP contribution in [0.3, 0.4) is 0 Å². The van der Waals surface area contributed by atoms with Gasteiger partial charge >= 0.3 is 6.09 Å². The van der Waals surface area contributed by atoms with Crippen molar-refractivity contribution >= 4 is 12.1 Å². The van der Waals surface area contributed by atoms with Gasteiger partial charge in [-0.25, -0.2) is 9.79 Å². The van der Waals surface area contributed by atoms with Crippen LogP contribution < -0.4 is 16.0 Å². The molecule has 1 aliphatic heterocycles. The molecule has 1 amide bonds. The molecule has 2 heterocycles. The topological polar surface area (TPSA) is 115 Å². The molecule has 1 unspecified atom stereocenters. The molecule has 0 aromatic carbocycles. The Labute approximate surface area is 190 Å². The second kappa shape index (κ2) is 11.0. The lowest BCUT2D eigenvalue weighted by molar-refractivity contribution is 0.0490. The molecule has 10 heteroatoms. The van der Waals surface area contributed by atoms with Crippen LogP contribution in [0.5, 0.6) is 0 Å². The number of rotatable bonds is 6. The Morgan fingerprint density at radius 2 is 1.84 bits per heavy atom. The van der Waals surface area contributed by atoms with Crippen molar-refractivity contribution in [2.75, 3.05) is 13.2 Å². The summed E-state index contributed by atoms with van der Waals surface area (Å²) in [6.07, 6.45) is 5.77. The van der Waals surface area contributed by atoms with Crippen LogP contribution in [0.15, 0.2) is 4.99 Å². The number of nitrogens with zero attached hydrogens (tertiary/aromatic N) is 4. The van der Waals surface area contributed by atoms with Gasteiger partial charge in [-0.1, -0.05) is 0 Å². The molecular formula is C22H39N7O3. The highest BCUT2D eigenvalue weighted by Crippen LogP contribution is 2.19. The predicted octanol–water partition coefficient (Wildman–Crippen LogP) is 2.17. The van der Waals surface area contributed by atoms with Gasteiger partial charge in [0.05, 0.1) is 6.10 Å². The van der Waals surface area contributed by atoms with Crippen molar-refractivity contribution in [3.63, 3.8) is 0 Å². The minimum Gasteiger partial charge on any atom is -0.444 e. The van der Waals surface area contributed by atoms with Gasteiger partial charge < -0.3 is 30.0 Å². The van der Waals surface area contributed by atoms with Gasteiger partial charge in [0.15, 0.2) is 11.8 Å². The van der Waals surface area contributed by atoms with Crippen LogP contribution in [-0.2, 0) is 23.1 Å². The molecule has 0 radical (unpaired) electrons. The van der Waals surface area contributed by atoms with E-state index in [0.717, 1.165) is 69.3 Å². The van der Waals surface area contributed by atoms with Crippen molar-refractivity contribution in [2.45, 2.75) is 96.6 Å². The van der Waals surface area contributed by atoms with Crippen LogP contribution in [0, 0.1) is 6.92 Å². The van der Waals surface area contributed by atoms with Crippen molar-refractivity contribution in [1.29, 1.82) is 0 Å². The highest BCUT2D eigenvalue weighted by Gasteiger charge is 2.25. The summed E-state index contributed by atoms with van der Waals surface area (Å²) >= 11 is 0. The van der Waals surface area contributed by atoms with E-state index in [2.05, 4.69) is 26.1 Å². The normalized spacial score (nSPS) is 24.3. The second-order valence-corrected chi connectivity index (χ2v) is 9.74. The van der Waals surface area contributed by atoms with E-state index in [1.165, 1.54) is 0 Å². The van der Waals surface area contributed by atoms with Gasteiger partial charge in [0.1, 0.15) is 18.0 Å². The average Bonchev–Trinajstić information content (AvgIpc) is 3.35. The Kier molecular flexibility index (Phi) is 8.33. The standard InChI is InChI=1S/C22H39N7O3/c1-15-27-28-19(29(15)5)14-24-20(23-13-18-7-6-12-31-18)25-16-8-10-17(11-9-16)26-21(30)32-22(2,3)4/h16-18H,6-14H2,1-5H3,(H,26,30)(H2,23,24,25). The van der Waals surface area contributed by atoms with Crippen LogP contribution in [0.2, 0.25) is 0 Å². The van der Waals surface area contributed by atoms with E-state index in [1.807, 2.05) is 39.3 Å². The molecule has 1 aromatic heterocycles. The van der Waals surface area contributed by atoms with E-state index in [9.17, 15) is 4.79 Å². The number of amides is 1. The molecule has 3 rings (SSSR count). The Morgan fingerprint density at radius 1 is 1.16 bits per heavy atom. The third kappa shape index (κ3) is 7.65. The minimum absolute atomic E-state index is 0.143. The Hall–Kier alpha value is -2.36. The zero-order valence-electron chi connectivity index (χ0n) is 20.1. The third-order valence-electron chi connectivity index (χ3n) is 5.87. The zero-order chi connectivity index (χ0) is 23.1.